The van der Waals surface area contributed by atoms with E-state index in [0.717, 1.165) is 0 Å². The van der Waals surface area contributed by atoms with Gasteiger partial charge in [0.25, 0.3) is 0 Å². The van der Waals surface area contributed by atoms with Crippen molar-refractivity contribution in [1.82, 2.24) is 4.90 Å². The summed E-state index contributed by atoms with van der Waals surface area (Å²) in [7, 11) is 1.17. The largest absolute Gasteiger partial charge is 0.377 e. The highest BCUT2D eigenvalue weighted by Gasteiger charge is 2.55. The first-order chi connectivity index (χ1) is 7.30. The summed E-state index contributed by atoms with van der Waals surface area (Å²) in [4.78, 5) is 2.13. The number of piperidine rings is 1. The van der Waals surface area contributed by atoms with Gasteiger partial charge in [0.15, 0.2) is 5.34 Å². The summed E-state index contributed by atoms with van der Waals surface area (Å²) in [6, 6.07) is 0.153. The molecule has 0 amide bonds. The lowest BCUT2D eigenvalue weighted by Gasteiger charge is -2.47. The molecule has 3 atom stereocenters. The van der Waals surface area contributed by atoms with Crippen LogP contribution >= 0.6 is 7.60 Å². The Morgan fingerprint density at radius 2 is 1.88 bits per heavy atom. The first kappa shape index (κ1) is 14.1. The third kappa shape index (κ3) is 2.07. The molecule has 0 aromatic carbocycles. The molecule has 1 aliphatic heterocycles. The van der Waals surface area contributed by atoms with E-state index in [4.69, 9.17) is 9.05 Å². The summed E-state index contributed by atoms with van der Waals surface area (Å²) in [6.07, 6.45) is 0.392. The normalized spacial score (nSPS) is 37.6. The highest BCUT2D eigenvalue weighted by atomic mass is 31.2. The maximum atomic E-state index is 12.4. The van der Waals surface area contributed by atoms with Gasteiger partial charge in [-0.1, -0.05) is 6.92 Å². The summed E-state index contributed by atoms with van der Waals surface area (Å²) in [5.74, 6) is -0.153. The first-order valence-corrected chi connectivity index (χ1v) is 6.99. The monoisotopic (exact) mass is 251 g/mol. The molecule has 5 nitrogen and oxygen atoms in total. The van der Waals surface area contributed by atoms with Crippen LogP contribution in [0, 0.1) is 5.92 Å². The Morgan fingerprint density at radius 1 is 1.38 bits per heavy atom. The molecular formula is C10H22NO4P. The number of hydrogen-bond donors (Lipinski definition) is 1. The average Bonchev–Trinajstić information content (AvgIpc) is 2.25. The van der Waals surface area contributed by atoms with E-state index < -0.39 is 12.9 Å². The van der Waals surface area contributed by atoms with Crippen LogP contribution in [0.2, 0.25) is 0 Å². The molecular weight excluding hydrogens is 229 g/mol. The summed E-state index contributed by atoms with van der Waals surface area (Å²) in [6.45, 7) is 4.54. The zero-order chi connectivity index (χ0) is 12.6. The SMILES string of the molecule is COP(=O)(OC)C1(O)CC(C)N(C)CC1C. The zero-order valence-electron chi connectivity index (χ0n) is 10.6. The number of aliphatic hydroxyl groups is 1. The fraction of sp³-hybridized carbons (Fsp3) is 1.00. The van der Waals surface area contributed by atoms with Crippen LogP contribution in [0.5, 0.6) is 0 Å². The second-order valence-electron chi connectivity index (χ2n) is 4.63. The first-order valence-electron chi connectivity index (χ1n) is 5.45. The van der Waals surface area contributed by atoms with Crippen molar-refractivity contribution in [3.05, 3.63) is 0 Å². The summed E-state index contributed by atoms with van der Waals surface area (Å²) in [5, 5.41) is 9.22. The summed E-state index contributed by atoms with van der Waals surface area (Å²) < 4.78 is 22.3. The minimum atomic E-state index is -3.46. The average molecular weight is 251 g/mol. The van der Waals surface area contributed by atoms with E-state index in [9.17, 15) is 9.67 Å². The second-order valence-corrected chi connectivity index (χ2v) is 7.13. The molecule has 96 valence electrons. The lowest BCUT2D eigenvalue weighted by Crippen LogP contribution is -2.53. The molecule has 0 radical (unpaired) electrons. The molecule has 0 saturated carbocycles. The van der Waals surface area contributed by atoms with Gasteiger partial charge >= 0.3 is 7.60 Å². The number of nitrogens with zero attached hydrogens (tertiary/aromatic N) is 1. The van der Waals surface area contributed by atoms with Crippen LogP contribution in [0.25, 0.3) is 0 Å². The molecule has 3 unspecified atom stereocenters. The van der Waals surface area contributed by atoms with Crippen LogP contribution in [0.4, 0.5) is 0 Å². The van der Waals surface area contributed by atoms with Crippen LogP contribution < -0.4 is 0 Å². The number of likely N-dealkylation sites (tertiary alicyclic amines) is 1. The van der Waals surface area contributed by atoms with E-state index in [1.165, 1.54) is 14.2 Å². The van der Waals surface area contributed by atoms with Gasteiger partial charge in [-0.05, 0) is 14.0 Å². The second kappa shape index (κ2) is 4.75. The Labute approximate surface area is 97.3 Å². The molecule has 1 saturated heterocycles. The van der Waals surface area contributed by atoms with Crippen molar-refractivity contribution in [3.8, 4) is 0 Å². The van der Waals surface area contributed by atoms with Crippen molar-refractivity contribution in [1.29, 1.82) is 0 Å². The molecule has 1 fully saturated rings. The smallest absolute Gasteiger partial charge is 0.361 e. The van der Waals surface area contributed by atoms with Gasteiger partial charge < -0.3 is 19.1 Å². The van der Waals surface area contributed by atoms with Gasteiger partial charge in [-0.3, -0.25) is 4.57 Å². The highest BCUT2D eigenvalue weighted by Crippen LogP contribution is 2.63. The van der Waals surface area contributed by atoms with E-state index in [1.807, 2.05) is 20.9 Å². The van der Waals surface area contributed by atoms with Crippen molar-refractivity contribution >= 4 is 7.60 Å². The standard InChI is InChI=1S/C10H22NO4P/c1-8-7-11(3)9(2)6-10(8,12)16(13,14-4)15-5/h8-9,12H,6-7H2,1-5H3. The topological polar surface area (TPSA) is 59.0 Å². The third-order valence-corrected chi connectivity index (χ3v) is 6.19. The molecule has 0 bridgehead atoms. The van der Waals surface area contributed by atoms with Crippen LogP contribution in [0.15, 0.2) is 0 Å². The number of hydrogen-bond acceptors (Lipinski definition) is 5. The van der Waals surface area contributed by atoms with Crippen molar-refractivity contribution in [2.45, 2.75) is 31.7 Å². The minimum absolute atomic E-state index is 0.153. The van der Waals surface area contributed by atoms with Crippen LogP contribution in [-0.2, 0) is 13.6 Å². The Hall–Kier alpha value is 0.0700. The van der Waals surface area contributed by atoms with Gasteiger partial charge in [-0.15, -0.1) is 0 Å². The van der Waals surface area contributed by atoms with Gasteiger partial charge in [0.2, 0.25) is 0 Å². The van der Waals surface area contributed by atoms with Crippen molar-refractivity contribution in [3.63, 3.8) is 0 Å². The van der Waals surface area contributed by atoms with Crippen LogP contribution in [-0.4, -0.2) is 49.2 Å². The van der Waals surface area contributed by atoms with Crippen molar-refractivity contribution < 1.29 is 18.7 Å². The van der Waals surface area contributed by atoms with E-state index in [2.05, 4.69) is 4.90 Å². The van der Waals surface area contributed by atoms with Crippen LogP contribution in [0.1, 0.15) is 20.3 Å². The van der Waals surface area contributed by atoms with Gasteiger partial charge in [0, 0.05) is 39.1 Å². The summed E-state index contributed by atoms with van der Waals surface area (Å²) >= 11 is 0. The van der Waals surface area contributed by atoms with E-state index in [-0.39, 0.29) is 12.0 Å². The molecule has 16 heavy (non-hydrogen) atoms. The van der Waals surface area contributed by atoms with Gasteiger partial charge in [0.1, 0.15) is 0 Å². The third-order valence-electron chi connectivity index (χ3n) is 3.65. The molecule has 0 aliphatic carbocycles. The molecule has 0 aromatic rings. The van der Waals surface area contributed by atoms with E-state index in [1.54, 1.807) is 0 Å². The molecule has 1 heterocycles. The lowest BCUT2D eigenvalue weighted by atomic mass is 9.91. The molecule has 1 aliphatic rings. The Morgan fingerprint density at radius 3 is 2.31 bits per heavy atom. The molecule has 1 rings (SSSR count). The molecule has 0 spiro atoms. The molecule has 1 N–H and O–H groups in total. The minimum Gasteiger partial charge on any atom is -0.377 e. The van der Waals surface area contributed by atoms with Crippen molar-refractivity contribution in [2.75, 3.05) is 27.8 Å². The highest BCUT2D eigenvalue weighted by molar-refractivity contribution is 7.55. The van der Waals surface area contributed by atoms with Crippen molar-refractivity contribution in [2.24, 2.45) is 5.92 Å². The fourth-order valence-corrected chi connectivity index (χ4v) is 4.21. The molecule has 6 heteroatoms. The number of rotatable bonds is 3. The lowest BCUT2D eigenvalue weighted by molar-refractivity contribution is -0.0376. The quantitative estimate of drug-likeness (QED) is 0.771. The Bertz CT molecular complexity index is 291. The van der Waals surface area contributed by atoms with Gasteiger partial charge in [-0.25, -0.2) is 0 Å². The van der Waals surface area contributed by atoms with E-state index >= 15 is 0 Å². The zero-order valence-corrected chi connectivity index (χ0v) is 11.5. The Balaban J connectivity index is 3.03. The van der Waals surface area contributed by atoms with Gasteiger partial charge in [0.05, 0.1) is 0 Å². The fourth-order valence-electron chi connectivity index (χ4n) is 2.32. The van der Waals surface area contributed by atoms with Gasteiger partial charge in [-0.2, -0.15) is 0 Å². The Kier molecular flexibility index (Phi) is 4.19. The maximum Gasteiger partial charge on any atom is 0.361 e. The van der Waals surface area contributed by atoms with Crippen LogP contribution in [0.3, 0.4) is 0 Å². The summed E-state index contributed by atoms with van der Waals surface area (Å²) in [5.41, 5.74) is 0. The maximum absolute atomic E-state index is 12.4. The molecule has 0 aromatic heterocycles. The predicted octanol–water partition coefficient (Wildman–Crippen LogP) is 1.52. The van der Waals surface area contributed by atoms with E-state index in [0.29, 0.717) is 13.0 Å². The predicted molar refractivity (Wildman–Crippen MR) is 62.4 cm³/mol.